The molecule has 2 rings (SSSR count). The zero-order valence-corrected chi connectivity index (χ0v) is 16.2. The van der Waals surface area contributed by atoms with Gasteiger partial charge in [0.15, 0.2) is 0 Å². The lowest BCUT2D eigenvalue weighted by atomic mass is 9.77. The predicted molar refractivity (Wildman–Crippen MR) is 105 cm³/mol. The van der Waals surface area contributed by atoms with E-state index in [0.717, 1.165) is 23.8 Å². The summed E-state index contributed by atoms with van der Waals surface area (Å²) in [5.41, 5.74) is 2.29. The number of carboxylic acid groups (broad SMARTS) is 1. The van der Waals surface area contributed by atoms with E-state index in [4.69, 9.17) is 0 Å². The second-order valence-electron chi connectivity index (χ2n) is 7.96. The van der Waals surface area contributed by atoms with Gasteiger partial charge < -0.3 is 5.11 Å². The molecular weight excluding hydrogens is 308 g/mol. The number of benzene rings is 1. The first-order chi connectivity index (χ1) is 12.1. The second-order valence-corrected chi connectivity index (χ2v) is 7.96. The fourth-order valence-corrected chi connectivity index (χ4v) is 4.33. The van der Waals surface area contributed by atoms with Crippen LogP contribution in [-0.4, -0.2) is 11.1 Å². The molecule has 1 atom stereocenters. The van der Waals surface area contributed by atoms with Gasteiger partial charge in [-0.1, -0.05) is 89.5 Å². The van der Waals surface area contributed by atoms with Gasteiger partial charge in [0.25, 0.3) is 0 Å². The Morgan fingerprint density at radius 3 is 2.12 bits per heavy atom. The van der Waals surface area contributed by atoms with Gasteiger partial charge in [-0.05, 0) is 42.2 Å². The van der Waals surface area contributed by atoms with Gasteiger partial charge >= 0.3 is 5.97 Å². The summed E-state index contributed by atoms with van der Waals surface area (Å²) in [6.45, 7) is 4.22. The van der Waals surface area contributed by atoms with Crippen molar-refractivity contribution < 1.29 is 9.90 Å². The predicted octanol–water partition coefficient (Wildman–Crippen LogP) is 6.58. The van der Waals surface area contributed by atoms with Gasteiger partial charge in [0.05, 0.1) is 5.92 Å². The molecule has 0 heterocycles. The van der Waals surface area contributed by atoms with Crippen LogP contribution in [-0.2, 0) is 11.2 Å². The normalized spacial score (nSPS) is 21.8. The van der Waals surface area contributed by atoms with Crippen LogP contribution < -0.4 is 0 Å². The number of hydrogen-bond acceptors (Lipinski definition) is 1. The molecule has 0 saturated heterocycles. The van der Waals surface area contributed by atoms with E-state index in [1.54, 1.807) is 0 Å². The van der Waals surface area contributed by atoms with Crippen LogP contribution in [0.25, 0.3) is 0 Å². The van der Waals surface area contributed by atoms with Crippen molar-refractivity contribution in [1.29, 1.82) is 0 Å². The van der Waals surface area contributed by atoms with Crippen LogP contribution in [0, 0.1) is 11.8 Å². The molecule has 0 aromatic heterocycles. The molecule has 1 fully saturated rings. The molecule has 25 heavy (non-hydrogen) atoms. The average molecular weight is 345 g/mol. The van der Waals surface area contributed by atoms with Gasteiger partial charge in [0, 0.05) is 0 Å². The van der Waals surface area contributed by atoms with E-state index in [1.165, 1.54) is 63.4 Å². The molecule has 1 saturated carbocycles. The summed E-state index contributed by atoms with van der Waals surface area (Å²) in [6.07, 6.45) is 14.4. The van der Waals surface area contributed by atoms with Crippen LogP contribution in [0.4, 0.5) is 0 Å². The van der Waals surface area contributed by atoms with Gasteiger partial charge in [0.2, 0.25) is 0 Å². The summed E-state index contributed by atoms with van der Waals surface area (Å²) in [7, 11) is 0. The van der Waals surface area contributed by atoms with Crippen LogP contribution >= 0.6 is 0 Å². The van der Waals surface area contributed by atoms with Crippen LogP contribution in [0.5, 0.6) is 0 Å². The van der Waals surface area contributed by atoms with Crippen molar-refractivity contribution in [2.75, 3.05) is 0 Å². The molecule has 0 aliphatic heterocycles. The Morgan fingerprint density at radius 1 is 1.00 bits per heavy atom. The number of aryl methyl sites for hydroxylation is 1. The molecule has 0 bridgehead atoms. The molecule has 1 aliphatic rings. The third kappa shape index (κ3) is 6.49. The zero-order chi connectivity index (χ0) is 18.1. The Morgan fingerprint density at radius 2 is 1.60 bits per heavy atom. The lowest BCUT2D eigenvalue weighted by Crippen LogP contribution is -2.15. The summed E-state index contributed by atoms with van der Waals surface area (Å²) in [4.78, 5) is 11.3. The van der Waals surface area contributed by atoms with Crippen LogP contribution in [0.15, 0.2) is 24.3 Å². The second kappa shape index (κ2) is 10.6. The highest BCUT2D eigenvalue weighted by atomic mass is 16.4. The van der Waals surface area contributed by atoms with E-state index in [0.29, 0.717) is 6.42 Å². The molecular formula is C23H36O2. The Bertz CT molecular complexity index is 497. The molecule has 0 amide bonds. The van der Waals surface area contributed by atoms with Crippen LogP contribution in [0.1, 0.15) is 95.1 Å². The standard InChI is InChI=1S/C23H36O2/c1-3-5-6-7-18-8-10-19(11-9-18)12-13-20-14-16-21(17-15-20)22(4-2)23(24)25/h14-19,22H,3-13H2,1-2H3,(H,24,25)/t18-,19-,22?. The van der Waals surface area contributed by atoms with E-state index in [9.17, 15) is 9.90 Å². The fourth-order valence-electron chi connectivity index (χ4n) is 4.33. The van der Waals surface area contributed by atoms with Crippen molar-refractivity contribution in [3.63, 3.8) is 0 Å². The van der Waals surface area contributed by atoms with Gasteiger partial charge in [-0.3, -0.25) is 4.79 Å². The van der Waals surface area contributed by atoms with Gasteiger partial charge in [-0.2, -0.15) is 0 Å². The minimum absolute atomic E-state index is 0.364. The third-order valence-electron chi connectivity index (χ3n) is 6.11. The molecule has 1 aromatic carbocycles. The SMILES string of the molecule is CCCCC[C@H]1CC[C@H](CCc2ccc(C(CC)C(=O)O)cc2)CC1. The molecule has 1 aliphatic carbocycles. The molecule has 1 N–H and O–H groups in total. The molecule has 0 spiro atoms. The highest BCUT2D eigenvalue weighted by molar-refractivity contribution is 5.75. The molecule has 140 valence electrons. The topological polar surface area (TPSA) is 37.3 Å². The summed E-state index contributed by atoms with van der Waals surface area (Å²) in [5, 5.41) is 9.26. The van der Waals surface area contributed by atoms with Crippen molar-refractivity contribution in [3.05, 3.63) is 35.4 Å². The molecule has 2 heteroatoms. The maximum absolute atomic E-state index is 11.3. The molecule has 0 radical (unpaired) electrons. The lowest BCUT2D eigenvalue weighted by molar-refractivity contribution is -0.138. The van der Waals surface area contributed by atoms with E-state index in [-0.39, 0.29) is 5.92 Å². The maximum Gasteiger partial charge on any atom is 0.310 e. The van der Waals surface area contributed by atoms with Crippen molar-refractivity contribution in [2.24, 2.45) is 11.8 Å². The number of aliphatic carboxylic acids is 1. The van der Waals surface area contributed by atoms with E-state index < -0.39 is 5.97 Å². The van der Waals surface area contributed by atoms with Crippen LogP contribution in [0.3, 0.4) is 0 Å². The first kappa shape index (κ1) is 20.0. The number of hydrogen-bond donors (Lipinski definition) is 1. The zero-order valence-electron chi connectivity index (χ0n) is 16.2. The number of carbonyl (C=O) groups is 1. The first-order valence-electron chi connectivity index (χ1n) is 10.5. The fraction of sp³-hybridized carbons (Fsp3) is 0.696. The third-order valence-corrected chi connectivity index (χ3v) is 6.11. The van der Waals surface area contributed by atoms with Crippen molar-refractivity contribution in [1.82, 2.24) is 0 Å². The quantitative estimate of drug-likeness (QED) is 0.486. The molecule has 1 aromatic rings. The van der Waals surface area contributed by atoms with Crippen molar-refractivity contribution in [3.8, 4) is 0 Å². The summed E-state index contributed by atoms with van der Waals surface area (Å²) < 4.78 is 0. The number of unbranched alkanes of at least 4 members (excludes halogenated alkanes) is 2. The Labute approximate surface area is 154 Å². The van der Waals surface area contributed by atoms with Crippen molar-refractivity contribution in [2.45, 2.75) is 90.4 Å². The van der Waals surface area contributed by atoms with E-state index in [2.05, 4.69) is 19.1 Å². The average Bonchev–Trinajstić information content (AvgIpc) is 2.63. The molecule has 1 unspecified atom stereocenters. The van der Waals surface area contributed by atoms with E-state index in [1.807, 2.05) is 19.1 Å². The number of carboxylic acids is 1. The van der Waals surface area contributed by atoms with Gasteiger partial charge in [-0.15, -0.1) is 0 Å². The monoisotopic (exact) mass is 344 g/mol. The largest absolute Gasteiger partial charge is 0.481 e. The number of rotatable bonds is 10. The Kier molecular flexibility index (Phi) is 8.51. The lowest BCUT2D eigenvalue weighted by Gasteiger charge is -2.28. The van der Waals surface area contributed by atoms with Crippen molar-refractivity contribution >= 4 is 5.97 Å². The smallest absolute Gasteiger partial charge is 0.310 e. The molecule has 2 nitrogen and oxygen atoms in total. The maximum atomic E-state index is 11.3. The Balaban J connectivity index is 1.72. The highest BCUT2D eigenvalue weighted by Crippen LogP contribution is 2.34. The summed E-state index contributed by atoms with van der Waals surface area (Å²) in [5.74, 6) is 0.802. The Hall–Kier alpha value is -1.31. The van der Waals surface area contributed by atoms with Gasteiger partial charge in [-0.25, -0.2) is 0 Å². The summed E-state index contributed by atoms with van der Waals surface area (Å²) in [6, 6.07) is 8.30. The minimum Gasteiger partial charge on any atom is -0.481 e. The minimum atomic E-state index is -0.717. The first-order valence-corrected chi connectivity index (χ1v) is 10.5. The van der Waals surface area contributed by atoms with E-state index >= 15 is 0 Å². The van der Waals surface area contributed by atoms with Crippen LogP contribution in [0.2, 0.25) is 0 Å². The summed E-state index contributed by atoms with van der Waals surface area (Å²) >= 11 is 0. The highest BCUT2D eigenvalue weighted by Gasteiger charge is 2.21. The van der Waals surface area contributed by atoms with Gasteiger partial charge in [0.1, 0.15) is 0 Å².